The standard InChI is InChI=1S/C28H32N4O.2ClH/c1-29(2)32-26-16-10-9-15-25(26)28(27(32)33,23-11-5-3-6-12-23)17-18-30-19-21-31(22-20-30)24-13-7-4-8-14-24;;/h3-16H,17-22H2,1-2H3;2*1H. The van der Waals surface area contributed by atoms with Crippen molar-refractivity contribution in [1.82, 2.24) is 9.91 Å². The van der Waals surface area contributed by atoms with Gasteiger partial charge in [-0.2, -0.15) is 0 Å². The van der Waals surface area contributed by atoms with Gasteiger partial charge in [0.15, 0.2) is 0 Å². The molecule has 5 nitrogen and oxygen atoms in total. The number of hydrogen-bond acceptors (Lipinski definition) is 4. The van der Waals surface area contributed by atoms with Crippen molar-refractivity contribution in [2.45, 2.75) is 11.8 Å². The van der Waals surface area contributed by atoms with E-state index in [0.717, 1.165) is 56.0 Å². The minimum absolute atomic E-state index is 0. The van der Waals surface area contributed by atoms with E-state index in [0.29, 0.717) is 0 Å². The average molecular weight is 514 g/mol. The number of halogens is 2. The summed E-state index contributed by atoms with van der Waals surface area (Å²) < 4.78 is 0. The van der Waals surface area contributed by atoms with Gasteiger partial charge in [-0.1, -0.05) is 66.7 Å². The van der Waals surface area contributed by atoms with Gasteiger partial charge in [0.05, 0.1) is 5.69 Å². The van der Waals surface area contributed by atoms with Crippen LogP contribution >= 0.6 is 24.8 Å². The first-order valence-corrected chi connectivity index (χ1v) is 11.8. The van der Waals surface area contributed by atoms with Crippen molar-refractivity contribution in [1.29, 1.82) is 0 Å². The molecule has 3 aromatic rings. The second kappa shape index (κ2) is 11.4. The molecule has 0 saturated carbocycles. The summed E-state index contributed by atoms with van der Waals surface area (Å²) >= 11 is 0. The first-order chi connectivity index (χ1) is 16.1. The van der Waals surface area contributed by atoms with E-state index in [1.54, 1.807) is 0 Å². The Hall–Kier alpha value is -2.57. The summed E-state index contributed by atoms with van der Waals surface area (Å²) in [5.74, 6) is 0.142. The van der Waals surface area contributed by atoms with Gasteiger partial charge in [0.1, 0.15) is 5.41 Å². The number of para-hydroxylation sites is 2. The number of fused-ring (bicyclic) bond motifs is 1. The molecule has 7 heteroatoms. The Labute approximate surface area is 221 Å². The van der Waals surface area contributed by atoms with Crippen LogP contribution in [0.25, 0.3) is 0 Å². The number of hydrogen-bond donors (Lipinski definition) is 0. The summed E-state index contributed by atoms with van der Waals surface area (Å²) in [4.78, 5) is 19.1. The molecule has 1 saturated heterocycles. The molecule has 0 bridgehead atoms. The Bertz CT molecular complexity index is 1100. The molecule has 0 spiro atoms. The number of rotatable bonds is 6. The lowest BCUT2D eigenvalue weighted by Crippen LogP contribution is -2.50. The molecule has 35 heavy (non-hydrogen) atoms. The summed E-state index contributed by atoms with van der Waals surface area (Å²) in [6.07, 6.45) is 0.766. The Morgan fingerprint density at radius 2 is 1.34 bits per heavy atom. The fourth-order valence-electron chi connectivity index (χ4n) is 5.40. The van der Waals surface area contributed by atoms with E-state index in [1.165, 1.54) is 5.69 Å². The number of hydrazine groups is 1. The summed E-state index contributed by atoms with van der Waals surface area (Å²) in [5.41, 5.74) is 3.80. The van der Waals surface area contributed by atoms with Crippen LogP contribution in [0.5, 0.6) is 0 Å². The van der Waals surface area contributed by atoms with Gasteiger partial charge in [0.25, 0.3) is 5.91 Å². The molecule has 0 aliphatic carbocycles. The van der Waals surface area contributed by atoms with Gasteiger partial charge in [-0.05, 0) is 42.3 Å². The van der Waals surface area contributed by atoms with E-state index in [9.17, 15) is 4.79 Å². The molecule has 1 amide bonds. The quantitative estimate of drug-likeness (QED) is 0.472. The number of piperazine rings is 1. The largest absolute Gasteiger partial charge is 0.369 e. The highest BCUT2D eigenvalue weighted by Gasteiger charge is 2.52. The molecule has 0 radical (unpaired) electrons. The van der Waals surface area contributed by atoms with Crippen LogP contribution < -0.4 is 9.91 Å². The van der Waals surface area contributed by atoms with E-state index in [2.05, 4.69) is 70.5 Å². The average Bonchev–Trinajstić information content (AvgIpc) is 3.12. The first kappa shape index (κ1) is 27.0. The van der Waals surface area contributed by atoms with Gasteiger partial charge in [-0.15, -0.1) is 24.8 Å². The third-order valence-corrected chi connectivity index (χ3v) is 7.11. The van der Waals surface area contributed by atoms with Gasteiger partial charge in [-0.3, -0.25) is 9.69 Å². The van der Waals surface area contributed by atoms with Gasteiger partial charge in [0, 0.05) is 46.0 Å². The van der Waals surface area contributed by atoms with Crippen LogP contribution in [-0.4, -0.2) is 62.6 Å². The molecule has 2 aliphatic heterocycles. The molecule has 5 rings (SSSR count). The molecule has 1 fully saturated rings. The van der Waals surface area contributed by atoms with E-state index in [-0.39, 0.29) is 30.7 Å². The van der Waals surface area contributed by atoms with Gasteiger partial charge in [-0.25, -0.2) is 10.0 Å². The zero-order valence-electron chi connectivity index (χ0n) is 20.3. The topological polar surface area (TPSA) is 30.0 Å². The Balaban J connectivity index is 0.00000171. The fourth-order valence-corrected chi connectivity index (χ4v) is 5.40. The minimum atomic E-state index is -0.668. The van der Waals surface area contributed by atoms with Crippen molar-refractivity contribution >= 4 is 42.1 Å². The summed E-state index contributed by atoms with van der Waals surface area (Å²) in [6, 6.07) is 29.3. The van der Waals surface area contributed by atoms with Crippen LogP contribution in [-0.2, 0) is 10.2 Å². The Morgan fingerprint density at radius 3 is 1.97 bits per heavy atom. The van der Waals surface area contributed by atoms with Crippen molar-refractivity contribution < 1.29 is 4.79 Å². The summed E-state index contributed by atoms with van der Waals surface area (Å²) in [5, 5.41) is 3.75. The normalized spacial score (nSPS) is 19.8. The summed E-state index contributed by atoms with van der Waals surface area (Å²) in [7, 11) is 3.89. The predicted molar refractivity (Wildman–Crippen MR) is 149 cm³/mol. The van der Waals surface area contributed by atoms with E-state index in [1.807, 2.05) is 48.4 Å². The minimum Gasteiger partial charge on any atom is -0.369 e. The van der Waals surface area contributed by atoms with Crippen LogP contribution in [0.4, 0.5) is 11.4 Å². The lowest BCUT2D eigenvalue weighted by atomic mass is 9.72. The molecule has 1 unspecified atom stereocenters. The number of benzene rings is 3. The molecule has 186 valence electrons. The zero-order valence-corrected chi connectivity index (χ0v) is 22.0. The highest BCUT2D eigenvalue weighted by molar-refractivity contribution is 6.09. The third-order valence-electron chi connectivity index (χ3n) is 7.11. The van der Waals surface area contributed by atoms with Crippen molar-refractivity contribution in [3.8, 4) is 0 Å². The van der Waals surface area contributed by atoms with Crippen LogP contribution in [0, 0.1) is 0 Å². The highest BCUT2D eigenvalue weighted by atomic mass is 35.5. The third kappa shape index (κ3) is 4.91. The predicted octanol–water partition coefficient (Wildman–Crippen LogP) is 4.85. The molecule has 0 N–H and O–H groups in total. The SMILES string of the molecule is CN(C)N1C(=O)C(CCN2CCN(c3ccccc3)CC2)(c2ccccc2)c2ccccc21.Cl.Cl. The lowest BCUT2D eigenvalue weighted by molar-refractivity contribution is -0.124. The van der Waals surface area contributed by atoms with E-state index in [4.69, 9.17) is 0 Å². The van der Waals surface area contributed by atoms with Crippen molar-refractivity contribution in [2.24, 2.45) is 0 Å². The smallest absolute Gasteiger partial charge is 0.256 e. The van der Waals surface area contributed by atoms with Gasteiger partial charge < -0.3 is 4.90 Å². The fraction of sp³-hybridized carbons (Fsp3) is 0.321. The van der Waals surface area contributed by atoms with Crippen molar-refractivity contribution in [3.05, 3.63) is 96.1 Å². The molecule has 0 aromatic heterocycles. The molecular formula is C28H34Cl2N4O. The molecular weight excluding hydrogens is 479 g/mol. The first-order valence-electron chi connectivity index (χ1n) is 11.8. The maximum Gasteiger partial charge on any atom is 0.256 e. The van der Waals surface area contributed by atoms with Gasteiger partial charge in [0.2, 0.25) is 0 Å². The van der Waals surface area contributed by atoms with E-state index >= 15 is 0 Å². The Kier molecular flexibility index (Phi) is 8.84. The second-order valence-corrected chi connectivity index (χ2v) is 9.17. The number of carbonyl (C=O) groups excluding carboxylic acids is 1. The molecule has 1 atom stereocenters. The lowest BCUT2D eigenvalue weighted by Gasteiger charge is -2.38. The molecule has 2 aliphatic rings. The summed E-state index contributed by atoms with van der Waals surface area (Å²) in [6.45, 7) is 4.92. The maximum absolute atomic E-state index is 14.1. The number of carbonyl (C=O) groups is 1. The van der Waals surface area contributed by atoms with Crippen LogP contribution in [0.1, 0.15) is 17.5 Å². The number of anilines is 2. The monoisotopic (exact) mass is 512 g/mol. The van der Waals surface area contributed by atoms with Crippen LogP contribution in [0.15, 0.2) is 84.9 Å². The zero-order chi connectivity index (χ0) is 22.8. The maximum atomic E-state index is 14.1. The van der Waals surface area contributed by atoms with Crippen LogP contribution in [0.3, 0.4) is 0 Å². The number of nitrogens with zero attached hydrogens (tertiary/aromatic N) is 4. The van der Waals surface area contributed by atoms with Gasteiger partial charge >= 0.3 is 0 Å². The van der Waals surface area contributed by atoms with Crippen LogP contribution in [0.2, 0.25) is 0 Å². The van der Waals surface area contributed by atoms with Crippen molar-refractivity contribution in [2.75, 3.05) is 56.7 Å². The number of amides is 1. The highest BCUT2D eigenvalue weighted by Crippen LogP contribution is 2.48. The molecule has 3 aromatic carbocycles. The van der Waals surface area contributed by atoms with Crippen molar-refractivity contribution in [3.63, 3.8) is 0 Å². The Morgan fingerprint density at radius 1 is 0.771 bits per heavy atom. The molecule has 2 heterocycles. The van der Waals surface area contributed by atoms with E-state index < -0.39 is 5.41 Å². The second-order valence-electron chi connectivity index (χ2n) is 9.17.